The van der Waals surface area contributed by atoms with Crippen LogP contribution in [0.3, 0.4) is 0 Å². The predicted octanol–water partition coefficient (Wildman–Crippen LogP) is 1.94. The number of thiophene rings is 1. The molecule has 0 radical (unpaired) electrons. The molecule has 1 aliphatic rings. The summed E-state index contributed by atoms with van der Waals surface area (Å²) in [5, 5.41) is 11.0. The number of likely N-dealkylation sites (N-methyl/N-ethyl adjacent to an activating group) is 1. The highest BCUT2D eigenvalue weighted by molar-refractivity contribution is 7.09. The first-order chi connectivity index (χ1) is 9.70. The molecule has 1 aliphatic carbocycles. The van der Waals surface area contributed by atoms with Gasteiger partial charge >= 0.3 is 0 Å². The molecule has 112 valence electrons. The standard InChI is InChI=1S/C15H24N2O2S/c1-16(11-14-7-3-10-20-14)15(19)12-17(8-4-9-18)13-5-2-6-13/h3,7,10,13,18H,2,4-6,8-9,11-12H2,1H3. The minimum Gasteiger partial charge on any atom is -0.396 e. The van der Waals surface area contributed by atoms with Crippen molar-refractivity contribution in [2.75, 3.05) is 26.7 Å². The first-order valence-electron chi connectivity index (χ1n) is 7.32. The molecule has 1 fully saturated rings. The van der Waals surface area contributed by atoms with Gasteiger partial charge < -0.3 is 10.0 Å². The average molecular weight is 296 g/mol. The lowest BCUT2D eigenvalue weighted by atomic mass is 9.91. The number of rotatable bonds is 8. The average Bonchev–Trinajstić information content (AvgIpc) is 2.86. The van der Waals surface area contributed by atoms with Crippen LogP contribution in [-0.2, 0) is 11.3 Å². The summed E-state index contributed by atoms with van der Waals surface area (Å²) in [6.07, 6.45) is 4.39. The van der Waals surface area contributed by atoms with Gasteiger partial charge in [0.1, 0.15) is 0 Å². The Kier molecular flexibility index (Phi) is 6.01. The number of nitrogens with zero attached hydrogens (tertiary/aromatic N) is 2. The topological polar surface area (TPSA) is 43.8 Å². The van der Waals surface area contributed by atoms with Gasteiger partial charge in [-0.25, -0.2) is 0 Å². The van der Waals surface area contributed by atoms with Crippen molar-refractivity contribution < 1.29 is 9.90 Å². The summed E-state index contributed by atoms with van der Waals surface area (Å²) in [5.41, 5.74) is 0. The molecule has 1 N–H and O–H groups in total. The van der Waals surface area contributed by atoms with Crippen LogP contribution in [0.4, 0.5) is 0 Å². The molecule has 2 rings (SSSR count). The van der Waals surface area contributed by atoms with Crippen molar-refractivity contribution in [3.8, 4) is 0 Å². The van der Waals surface area contributed by atoms with Gasteiger partial charge in [-0.05, 0) is 30.7 Å². The minimum absolute atomic E-state index is 0.170. The maximum absolute atomic E-state index is 12.3. The molecule has 1 aromatic heterocycles. The van der Waals surface area contributed by atoms with E-state index in [-0.39, 0.29) is 12.5 Å². The van der Waals surface area contributed by atoms with Crippen LogP contribution in [0.25, 0.3) is 0 Å². The third-order valence-electron chi connectivity index (χ3n) is 3.93. The van der Waals surface area contributed by atoms with E-state index in [0.29, 0.717) is 19.1 Å². The monoisotopic (exact) mass is 296 g/mol. The van der Waals surface area contributed by atoms with Crippen LogP contribution >= 0.6 is 11.3 Å². The fraction of sp³-hybridized carbons (Fsp3) is 0.667. The molecule has 0 bridgehead atoms. The zero-order valence-corrected chi connectivity index (χ0v) is 12.9. The summed E-state index contributed by atoms with van der Waals surface area (Å²) < 4.78 is 0. The summed E-state index contributed by atoms with van der Waals surface area (Å²) in [4.78, 5) is 17.6. The molecular weight excluding hydrogens is 272 g/mol. The van der Waals surface area contributed by atoms with Crippen LogP contribution in [0, 0.1) is 0 Å². The Bertz CT molecular complexity index is 404. The molecule has 0 aliphatic heterocycles. The molecule has 1 saturated carbocycles. The Morgan fingerprint density at radius 2 is 2.30 bits per heavy atom. The molecule has 0 spiro atoms. The van der Waals surface area contributed by atoms with Gasteiger partial charge in [0, 0.05) is 31.1 Å². The predicted molar refractivity (Wildman–Crippen MR) is 81.7 cm³/mol. The van der Waals surface area contributed by atoms with Crippen LogP contribution in [-0.4, -0.2) is 53.6 Å². The minimum atomic E-state index is 0.170. The smallest absolute Gasteiger partial charge is 0.236 e. The van der Waals surface area contributed by atoms with Crippen molar-refractivity contribution in [3.05, 3.63) is 22.4 Å². The second-order valence-electron chi connectivity index (χ2n) is 5.46. The SMILES string of the molecule is CN(Cc1cccs1)C(=O)CN(CCCO)C1CCC1. The summed E-state index contributed by atoms with van der Waals surface area (Å²) in [5.74, 6) is 0.170. The number of amides is 1. The number of carbonyl (C=O) groups is 1. The van der Waals surface area contributed by atoms with Gasteiger partial charge in [0.15, 0.2) is 0 Å². The number of aliphatic hydroxyl groups is 1. The lowest BCUT2D eigenvalue weighted by Gasteiger charge is -2.37. The van der Waals surface area contributed by atoms with E-state index in [0.717, 1.165) is 13.0 Å². The van der Waals surface area contributed by atoms with Gasteiger partial charge in [-0.1, -0.05) is 12.5 Å². The Morgan fingerprint density at radius 3 is 2.85 bits per heavy atom. The van der Waals surface area contributed by atoms with E-state index in [1.54, 1.807) is 16.2 Å². The van der Waals surface area contributed by atoms with Crippen molar-refractivity contribution in [3.63, 3.8) is 0 Å². The molecule has 5 heteroatoms. The van der Waals surface area contributed by atoms with Gasteiger partial charge in [0.25, 0.3) is 0 Å². The van der Waals surface area contributed by atoms with E-state index in [1.807, 2.05) is 18.5 Å². The molecule has 1 aromatic rings. The van der Waals surface area contributed by atoms with E-state index < -0.39 is 0 Å². The zero-order chi connectivity index (χ0) is 14.4. The number of hydrogen-bond donors (Lipinski definition) is 1. The fourth-order valence-corrected chi connectivity index (χ4v) is 3.19. The van der Waals surface area contributed by atoms with Crippen molar-refractivity contribution in [1.29, 1.82) is 0 Å². The van der Waals surface area contributed by atoms with E-state index in [2.05, 4.69) is 11.0 Å². The lowest BCUT2D eigenvalue weighted by Crippen LogP contribution is -2.46. The first kappa shape index (κ1) is 15.5. The number of carbonyl (C=O) groups excluding carboxylic acids is 1. The van der Waals surface area contributed by atoms with Crippen LogP contribution in [0.5, 0.6) is 0 Å². The quantitative estimate of drug-likeness (QED) is 0.797. The summed E-state index contributed by atoms with van der Waals surface area (Å²) >= 11 is 1.68. The second-order valence-corrected chi connectivity index (χ2v) is 6.49. The van der Waals surface area contributed by atoms with Crippen LogP contribution in [0.15, 0.2) is 17.5 Å². The highest BCUT2D eigenvalue weighted by atomic mass is 32.1. The largest absolute Gasteiger partial charge is 0.396 e. The van der Waals surface area contributed by atoms with Gasteiger partial charge in [0.2, 0.25) is 5.91 Å². The van der Waals surface area contributed by atoms with Crippen molar-refractivity contribution in [2.45, 2.75) is 38.3 Å². The van der Waals surface area contributed by atoms with E-state index in [1.165, 1.54) is 24.1 Å². The maximum atomic E-state index is 12.3. The van der Waals surface area contributed by atoms with Crippen molar-refractivity contribution in [2.24, 2.45) is 0 Å². The normalized spacial score (nSPS) is 15.3. The third kappa shape index (κ3) is 4.30. The molecule has 0 aromatic carbocycles. The molecule has 0 atom stereocenters. The summed E-state index contributed by atoms with van der Waals surface area (Å²) in [7, 11) is 1.87. The summed E-state index contributed by atoms with van der Waals surface area (Å²) in [6.45, 7) is 2.18. The zero-order valence-electron chi connectivity index (χ0n) is 12.1. The van der Waals surface area contributed by atoms with Crippen LogP contribution in [0.2, 0.25) is 0 Å². The maximum Gasteiger partial charge on any atom is 0.236 e. The molecule has 0 unspecified atom stereocenters. The fourth-order valence-electron chi connectivity index (χ4n) is 2.44. The van der Waals surface area contributed by atoms with Gasteiger partial charge in [0.05, 0.1) is 13.1 Å². The van der Waals surface area contributed by atoms with Crippen LogP contribution < -0.4 is 0 Å². The first-order valence-corrected chi connectivity index (χ1v) is 8.20. The molecular formula is C15H24N2O2S. The molecule has 1 heterocycles. The Hall–Kier alpha value is -0.910. The summed E-state index contributed by atoms with van der Waals surface area (Å²) in [6, 6.07) is 4.62. The Balaban J connectivity index is 1.83. The lowest BCUT2D eigenvalue weighted by molar-refractivity contribution is -0.132. The number of hydrogen-bond acceptors (Lipinski definition) is 4. The third-order valence-corrected chi connectivity index (χ3v) is 4.79. The number of aliphatic hydroxyl groups excluding tert-OH is 1. The second kappa shape index (κ2) is 7.76. The van der Waals surface area contributed by atoms with Gasteiger partial charge in [-0.15, -0.1) is 11.3 Å². The van der Waals surface area contributed by atoms with E-state index in [9.17, 15) is 4.79 Å². The van der Waals surface area contributed by atoms with Crippen molar-refractivity contribution in [1.82, 2.24) is 9.80 Å². The molecule has 4 nitrogen and oxygen atoms in total. The highest BCUT2D eigenvalue weighted by Gasteiger charge is 2.26. The molecule has 0 saturated heterocycles. The van der Waals surface area contributed by atoms with Gasteiger partial charge in [-0.2, -0.15) is 0 Å². The Morgan fingerprint density at radius 1 is 1.50 bits per heavy atom. The van der Waals surface area contributed by atoms with Crippen LogP contribution in [0.1, 0.15) is 30.6 Å². The highest BCUT2D eigenvalue weighted by Crippen LogP contribution is 2.25. The molecule has 1 amide bonds. The van der Waals surface area contributed by atoms with Gasteiger partial charge in [-0.3, -0.25) is 9.69 Å². The Labute approximate surface area is 125 Å². The van der Waals surface area contributed by atoms with E-state index in [4.69, 9.17) is 5.11 Å². The van der Waals surface area contributed by atoms with E-state index >= 15 is 0 Å². The van der Waals surface area contributed by atoms with Crippen molar-refractivity contribution >= 4 is 17.2 Å². The molecule has 20 heavy (non-hydrogen) atoms.